The van der Waals surface area contributed by atoms with Crippen molar-refractivity contribution in [3.8, 4) is 0 Å². The molecule has 2 aromatic carbocycles. The van der Waals surface area contributed by atoms with Crippen LogP contribution in [0.2, 0.25) is 0 Å². The quantitative estimate of drug-likeness (QED) is 0.759. The molecule has 23 heavy (non-hydrogen) atoms. The highest BCUT2D eigenvalue weighted by Gasteiger charge is 2.11. The van der Waals surface area contributed by atoms with Gasteiger partial charge in [-0.2, -0.15) is 0 Å². The molecule has 4 heteroatoms. The zero-order valence-electron chi connectivity index (χ0n) is 13.4. The summed E-state index contributed by atoms with van der Waals surface area (Å²) in [4.78, 5) is 23.7. The minimum atomic E-state index is -0.417. The maximum absolute atomic E-state index is 12.0. The molecule has 0 fully saturated rings. The minimum Gasteiger partial charge on any atom is -0.462 e. The fourth-order valence-electron chi connectivity index (χ4n) is 2.05. The van der Waals surface area contributed by atoms with Crippen LogP contribution in [0.1, 0.15) is 45.2 Å². The number of carbonyl (C=O) groups excluding carboxylic acids is 2. The van der Waals surface area contributed by atoms with Crippen molar-refractivity contribution in [2.75, 3.05) is 6.61 Å². The summed E-state index contributed by atoms with van der Waals surface area (Å²) in [5, 5.41) is 0. The van der Waals surface area contributed by atoms with E-state index in [9.17, 15) is 9.59 Å². The summed E-state index contributed by atoms with van der Waals surface area (Å²) in [6, 6.07) is 14.1. The third-order valence-electron chi connectivity index (χ3n) is 3.25. The van der Waals surface area contributed by atoms with Crippen LogP contribution in [-0.2, 0) is 16.1 Å². The molecular formula is C19H20O4. The van der Waals surface area contributed by atoms with Gasteiger partial charge in [0.1, 0.15) is 6.61 Å². The molecule has 0 saturated heterocycles. The average molecular weight is 312 g/mol. The van der Waals surface area contributed by atoms with Gasteiger partial charge < -0.3 is 9.47 Å². The summed E-state index contributed by atoms with van der Waals surface area (Å²) in [7, 11) is 0. The highest BCUT2D eigenvalue weighted by atomic mass is 16.5. The molecule has 4 nitrogen and oxygen atoms in total. The Hall–Kier alpha value is -2.62. The second-order valence-corrected chi connectivity index (χ2v) is 5.28. The Morgan fingerprint density at radius 2 is 1.52 bits per heavy atom. The highest BCUT2D eigenvalue weighted by Crippen LogP contribution is 2.10. The van der Waals surface area contributed by atoms with Gasteiger partial charge in [-0.25, -0.2) is 9.59 Å². The average Bonchev–Trinajstić information content (AvgIpc) is 2.57. The molecule has 0 unspecified atom stereocenters. The third kappa shape index (κ3) is 4.95. The normalized spacial score (nSPS) is 10.2. The number of hydrogen-bond donors (Lipinski definition) is 0. The number of hydrogen-bond acceptors (Lipinski definition) is 4. The van der Waals surface area contributed by atoms with Gasteiger partial charge in [-0.15, -0.1) is 0 Å². The standard InChI is InChI=1S/C19H20O4/c1-3-11-22-18(20)16-7-9-17(10-8-16)19(21)23-13-15-6-4-5-14(2)12-15/h4-10,12H,3,11,13H2,1-2H3. The second-order valence-electron chi connectivity index (χ2n) is 5.28. The second kappa shape index (κ2) is 8.13. The van der Waals surface area contributed by atoms with Crippen LogP contribution in [0, 0.1) is 6.92 Å². The third-order valence-corrected chi connectivity index (χ3v) is 3.25. The van der Waals surface area contributed by atoms with Gasteiger partial charge >= 0.3 is 11.9 Å². The molecule has 0 radical (unpaired) electrons. The first-order valence-corrected chi connectivity index (χ1v) is 7.60. The van der Waals surface area contributed by atoms with Crippen molar-refractivity contribution in [2.45, 2.75) is 26.9 Å². The van der Waals surface area contributed by atoms with Gasteiger partial charge in [0.25, 0.3) is 0 Å². The molecule has 0 aliphatic carbocycles. The van der Waals surface area contributed by atoms with Gasteiger partial charge in [0.05, 0.1) is 17.7 Å². The maximum Gasteiger partial charge on any atom is 0.338 e. The van der Waals surface area contributed by atoms with Crippen LogP contribution >= 0.6 is 0 Å². The van der Waals surface area contributed by atoms with Gasteiger partial charge in [0.15, 0.2) is 0 Å². The zero-order chi connectivity index (χ0) is 16.7. The minimum absolute atomic E-state index is 0.223. The van der Waals surface area contributed by atoms with E-state index >= 15 is 0 Å². The summed E-state index contributed by atoms with van der Waals surface area (Å²) < 4.78 is 10.3. The van der Waals surface area contributed by atoms with E-state index in [1.165, 1.54) is 0 Å². The van der Waals surface area contributed by atoms with Gasteiger partial charge in [-0.1, -0.05) is 36.8 Å². The van der Waals surface area contributed by atoms with Crippen molar-refractivity contribution in [2.24, 2.45) is 0 Å². The van der Waals surface area contributed by atoms with Gasteiger partial charge in [-0.05, 0) is 43.2 Å². The first-order chi connectivity index (χ1) is 11.1. The monoisotopic (exact) mass is 312 g/mol. The van der Waals surface area contributed by atoms with Crippen LogP contribution in [0.15, 0.2) is 48.5 Å². The van der Waals surface area contributed by atoms with E-state index in [2.05, 4.69) is 0 Å². The summed E-state index contributed by atoms with van der Waals surface area (Å²) in [6.07, 6.45) is 0.773. The van der Waals surface area contributed by atoms with E-state index in [1.54, 1.807) is 24.3 Å². The predicted molar refractivity (Wildman–Crippen MR) is 87.3 cm³/mol. The molecule has 0 N–H and O–H groups in total. The lowest BCUT2D eigenvalue weighted by molar-refractivity contribution is 0.0467. The van der Waals surface area contributed by atoms with Crippen LogP contribution in [0.25, 0.3) is 0 Å². The molecular weight excluding hydrogens is 292 g/mol. The van der Waals surface area contributed by atoms with Crippen LogP contribution in [0.3, 0.4) is 0 Å². The van der Waals surface area contributed by atoms with Crippen LogP contribution in [0.4, 0.5) is 0 Å². The van der Waals surface area contributed by atoms with Crippen molar-refractivity contribution in [1.29, 1.82) is 0 Å². The lowest BCUT2D eigenvalue weighted by Gasteiger charge is -2.07. The lowest BCUT2D eigenvalue weighted by Crippen LogP contribution is -2.08. The molecule has 0 saturated carbocycles. The molecule has 0 aromatic heterocycles. The molecule has 0 atom stereocenters. The maximum atomic E-state index is 12.0. The van der Waals surface area contributed by atoms with Crippen molar-refractivity contribution in [3.63, 3.8) is 0 Å². The van der Waals surface area contributed by atoms with Crippen molar-refractivity contribution >= 4 is 11.9 Å². The van der Waals surface area contributed by atoms with Crippen LogP contribution in [-0.4, -0.2) is 18.5 Å². The summed E-state index contributed by atoms with van der Waals surface area (Å²) in [5.74, 6) is -0.800. The van der Waals surface area contributed by atoms with Crippen molar-refractivity contribution in [3.05, 3.63) is 70.8 Å². The Bertz CT molecular complexity index is 674. The summed E-state index contributed by atoms with van der Waals surface area (Å²) in [6.45, 7) is 4.53. The Labute approximate surface area is 136 Å². The molecule has 0 aliphatic heterocycles. The van der Waals surface area contributed by atoms with E-state index in [4.69, 9.17) is 9.47 Å². The van der Waals surface area contributed by atoms with Crippen LogP contribution < -0.4 is 0 Å². The number of carbonyl (C=O) groups is 2. The van der Waals surface area contributed by atoms with E-state index in [-0.39, 0.29) is 12.6 Å². The van der Waals surface area contributed by atoms with Gasteiger partial charge in [0.2, 0.25) is 0 Å². The Morgan fingerprint density at radius 1 is 0.913 bits per heavy atom. The Morgan fingerprint density at radius 3 is 2.09 bits per heavy atom. The predicted octanol–water partition coefficient (Wildman–Crippen LogP) is 3.92. The molecule has 0 bridgehead atoms. The lowest BCUT2D eigenvalue weighted by atomic mass is 10.1. The van der Waals surface area contributed by atoms with E-state index in [1.807, 2.05) is 38.1 Å². The zero-order valence-corrected chi connectivity index (χ0v) is 13.4. The van der Waals surface area contributed by atoms with Gasteiger partial charge in [-0.3, -0.25) is 0 Å². The Kier molecular flexibility index (Phi) is 5.92. The first-order valence-electron chi connectivity index (χ1n) is 7.60. The topological polar surface area (TPSA) is 52.6 Å². The summed E-state index contributed by atoms with van der Waals surface area (Å²) >= 11 is 0. The molecule has 0 spiro atoms. The fourth-order valence-corrected chi connectivity index (χ4v) is 2.05. The SMILES string of the molecule is CCCOC(=O)c1ccc(C(=O)OCc2cccc(C)c2)cc1. The van der Waals surface area contributed by atoms with E-state index < -0.39 is 5.97 Å². The Balaban J connectivity index is 1.93. The number of esters is 2. The van der Waals surface area contributed by atoms with E-state index in [0.717, 1.165) is 17.5 Å². The van der Waals surface area contributed by atoms with Crippen LogP contribution in [0.5, 0.6) is 0 Å². The molecule has 0 aliphatic rings. The number of ether oxygens (including phenoxy) is 2. The molecule has 2 rings (SSSR count). The fraction of sp³-hybridized carbons (Fsp3) is 0.263. The number of aryl methyl sites for hydroxylation is 1. The van der Waals surface area contributed by atoms with E-state index in [0.29, 0.717) is 17.7 Å². The van der Waals surface area contributed by atoms with Crippen molar-refractivity contribution in [1.82, 2.24) is 0 Å². The van der Waals surface area contributed by atoms with Gasteiger partial charge in [0, 0.05) is 0 Å². The first kappa shape index (κ1) is 16.7. The number of rotatable bonds is 6. The highest BCUT2D eigenvalue weighted by molar-refractivity contribution is 5.93. The number of benzene rings is 2. The molecule has 2 aromatic rings. The molecule has 0 heterocycles. The smallest absolute Gasteiger partial charge is 0.338 e. The van der Waals surface area contributed by atoms with Crippen molar-refractivity contribution < 1.29 is 19.1 Å². The largest absolute Gasteiger partial charge is 0.462 e. The molecule has 0 amide bonds. The molecule has 120 valence electrons. The summed E-state index contributed by atoms with van der Waals surface area (Å²) in [5.41, 5.74) is 2.89.